The summed E-state index contributed by atoms with van der Waals surface area (Å²) in [4.78, 5) is 15.5. The van der Waals surface area contributed by atoms with E-state index in [-0.39, 0.29) is 27.4 Å². The zero-order valence-electron chi connectivity index (χ0n) is 16.1. The van der Waals surface area contributed by atoms with Crippen molar-refractivity contribution in [3.8, 4) is 0 Å². The predicted octanol–water partition coefficient (Wildman–Crippen LogP) is 4.29. The lowest BCUT2D eigenvalue weighted by Gasteiger charge is -2.18. The third kappa shape index (κ3) is 4.38. The molecular formula is C18H19ClF2N6OS. The maximum Gasteiger partial charge on any atom is 0.224 e. The number of hydrogen-bond donors (Lipinski definition) is 3. The number of hydrogen-bond acceptors (Lipinski definition) is 6. The molecule has 0 spiro atoms. The molecule has 1 aromatic carbocycles. The summed E-state index contributed by atoms with van der Waals surface area (Å²) in [6, 6.07) is 3.38. The van der Waals surface area contributed by atoms with Gasteiger partial charge in [0, 0.05) is 6.26 Å². The first-order valence-corrected chi connectivity index (χ1v) is 10.8. The second-order valence-electron chi connectivity index (χ2n) is 6.66. The summed E-state index contributed by atoms with van der Waals surface area (Å²) in [7, 11) is -3.05. The summed E-state index contributed by atoms with van der Waals surface area (Å²) in [6.07, 6.45) is 1.28. The highest BCUT2D eigenvalue weighted by Gasteiger charge is 2.24. The van der Waals surface area contributed by atoms with Gasteiger partial charge in [-0.1, -0.05) is 17.7 Å². The lowest BCUT2D eigenvalue weighted by molar-refractivity contribution is 0.589. The van der Waals surface area contributed by atoms with Gasteiger partial charge in [-0.3, -0.25) is 0 Å². The predicted molar refractivity (Wildman–Crippen MR) is 107 cm³/mol. The fraction of sp³-hybridized carbons (Fsp3) is 0.278. The number of H-pyrrole nitrogens is 1. The molecule has 3 rings (SSSR count). The Morgan fingerprint density at radius 2 is 1.76 bits per heavy atom. The van der Waals surface area contributed by atoms with Gasteiger partial charge in [-0.15, -0.1) is 0 Å². The van der Waals surface area contributed by atoms with Gasteiger partial charge in [0.25, 0.3) is 0 Å². The lowest BCUT2D eigenvalue weighted by Crippen LogP contribution is -2.17. The van der Waals surface area contributed by atoms with E-state index >= 15 is 0 Å². The number of aromatic amines is 1. The molecule has 11 heteroatoms. The summed E-state index contributed by atoms with van der Waals surface area (Å²) in [5.74, 6) is -0.651. The van der Waals surface area contributed by atoms with Gasteiger partial charge in [-0.25, -0.2) is 32.7 Å². The highest BCUT2D eigenvalue weighted by Crippen LogP contribution is 2.29. The Morgan fingerprint density at radius 1 is 1.14 bits per heavy atom. The van der Waals surface area contributed by atoms with Gasteiger partial charge in [0.05, 0.1) is 31.8 Å². The van der Waals surface area contributed by atoms with Gasteiger partial charge in [0.1, 0.15) is 22.7 Å². The van der Waals surface area contributed by atoms with Gasteiger partial charge in [0.2, 0.25) is 5.95 Å². The Balaban J connectivity index is 2.13. The molecule has 0 fully saturated rings. The van der Waals surface area contributed by atoms with Crippen LogP contribution in [0.15, 0.2) is 23.2 Å². The molecule has 2 heterocycles. The molecule has 154 valence electrons. The van der Waals surface area contributed by atoms with Gasteiger partial charge in [-0.2, -0.15) is 0 Å². The smallest absolute Gasteiger partial charge is 0.224 e. The van der Waals surface area contributed by atoms with Crippen LogP contribution in [0, 0.1) is 37.2 Å². The minimum Gasteiger partial charge on any atom is -0.340 e. The zero-order chi connectivity index (χ0) is 21.5. The zero-order valence-corrected chi connectivity index (χ0v) is 17.7. The van der Waals surface area contributed by atoms with Crippen LogP contribution in [0.2, 0.25) is 5.02 Å². The number of rotatable bonds is 5. The fourth-order valence-electron chi connectivity index (χ4n) is 2.88. The van der Waals surface area contributed by atoms with Crippen LogP contribution >= 0.6 is 11.6 Å². The van der Waals surface area contributed by atoms with Crippen LogP contribution in [0.4, 0.5) is 14.7 Å². The van der Waals surface area contributed by atoms with E-state index < -0.39 is 27.4 Å². The minimum atomic E-state index is -3.05. The summed E-state index contributed by atoms with van der Waals surface area (Å²) in [6.45, 7) is 4.66. The molecule has 0 radical (unpaired) electrons. The Hall–Kier alpha value is -2.59. The molecular weight excluding hydrogens is 422 g/mol. The van der Waals surface area contributed by atoms with Crippen molar-refractivity contribution >= 4 is 27.3 Å². The molecule has 29 heavy (non-hydrogen) atoms. The first-order valence-electron chi connectivity index (χ1n) is 8.50. The molecule has 2 aromatic heterocycles. The average molecular weight is 441 g/mol. The van der Waals surface area contributed by atoms with Crippen LogP contribution in [-0.4, -0.2) is 30.4 Å². The van der Waals surface area contributed by atoms with E-state index in [2.05, 4.69) is 25.3 Å². The number of aromatic nitrogens is 4. The number of anilines is 1. The third-order valence-electron chi connectivity index (χ3n) is 4.25. The first kappa shape index (κ1) is 21.1. The number of imidazole rings is 1. The second kappa shape index (κ2) is 7.68. The molecule has 7 nitrogen and oxygen atoms in total. The van der Waals surface area contributed by atoms with Crippen LogP contribution in [0.25, 0.3) is 0 Å². The van der Waals surface area contributed by atoms with E-state index in [4.69, 9.17) is 16.4 Å². The Kier molecular flexibility index (Phi) is 5.59. The monoisotopic (exact) mass is 440 g/mol. The van der Waals surface area contributed by atoms with Crippen LogP contribution < -0.4 is 5.32 Å². The van der Waals surface area contributed by atoms with Gasteiger partial charge >= 0.3 is 0 Å². The largest absolute Gasteiger partial charge is 0.340 e. The Bertz CT molecular complexity index is 1170. The molecule has 3 aromatic rings. The van der Waals surface area contributed by atoms with Crippen molar-refractivity contribution < 1.29 is 13.0 Å². The van der Waals surface area contributed by atoms with E-state index in [0.29, 0.717) is 17.1 Å². The van der Waals surface area contributed by atoms with Crippen molar-refractivity contribution in [3.05, 3.63) is 63.3 Å². The molecule has 0 saturated heterocycles. The average Bonchev–Trinajstić information content (AvgIpc) is 3.02. The molecule has 3 N–H and O–H groups in total. The van der Waals surface area contributed by atoms with E-state index in [9.17, 15) is 13.0 Å². The quantitative estimate of drug-likeness (QED) is 0.548. The second-order valence-corrected chi connectivity index (χ2v) is 9.17. The Labute approximate surface area is 171 Å². The molecule has 0 aliphatic heterocycles. The summed E-state index contributed by atoms with van der Waals surface area (Å²) < 4.78 is 47.6. The molecule has 0 bridgehead atoms. The number of aryl methyl sites for hydroxylation is 3. The lowest BCUT2D eigenvalue weighted by atomic mass is 10.1. The molecule has 0 saturated carbocycles. The summed E-state index contributed by atoms with van der Waals surface area (Å²) in [5.41, 5.74) is 1.24. The van der Waals surface area contributed by atoms with E-state index in [1.54, 1.807) is 6.92 Å². The first-order chi connectivity index (χ1) is 13.5. The standard InChI is InChI=1S/C18H19ClF2N6OS/c1-8-14(21)9(2)25-18(24-8)26-15(11-5-6-13(20)12(19)7-11)16-23-10(3)17(27-16)29(4,22)28/h5-7,15,22H,1-4H3,(H,23,27)(H,24,25,26). The topological polar surface area (TPSA) is 107 Å². The van der Waals surface area contributed by atoms with Crippen molar-refractivity contribution in [1.82, 2.24) is 19.9 Å². The minimum absolute atomic E-state index is 0.0926. The normalized spacial score (nSPS) is 14.4. The third-order valence-corrected chi connectivity index (χ3v) is 5.72. The van der Waals surface area contributed by atoms with Gasteiger partial charge in [0.15, 0.2) is 5.82 Å². The molecule has 0 aliphatic carbocycles. The Morgan fingerprint density at radius 3 is 2.28 bits per heavy atom. The molecule has 0 amide bonds. The number of nitrogens with zero attached hydrogens (tertiary/aromatic N) is 3. The SMILES string of the molecule is Cc1nc(C(Nc2nc(C)c(F)c(C)n2)c2ccc(F)c(Cl)c2)[nH]c1S(C)(=N)=O. The van der Waals surface area contributed by atoms with Gasteiger partial charge < -0.3 is 10.3 Å². The van der Waals surface area contributed by atoms with Crippen LogP contribution in [0.1, 0.15) is 34.5 Å². The van der Waals surface area contributed by atoms with Crippen molar-refractivity contribution in [2.24, 2.45) is 0 Å². The summed E-state index contributed by atoms with van der Waals surface area (Å²) >= 11 is 5.94. The molecule has 2 unspecified atom stereocenters. The number of nitrogens with one attached hydrogen (secondary N) is 3. The van der Waals surface area contributed by atoms with E-state index in [1.807, 2.05) is 0 Å². The highest BCUT2D eigenvalue weighted by molar-refractivity contribution is 7.91. The van der Waals surface area contributed by atoms with E-state index in [0.717, 1.165) is 0 Å². The van der Waals surface area contributed by atoms with Crippen molar-refractivity contribution in [3.63, 3.8) is 0 Å². The van der Waals surface area contributed by atoms with Crippen molar-refractivity contribution in [1.29, 1.82) is 4.78 Å². The summed E-state index contributed by atoms with van der Waals surface area (Å²) in [5, 5.41) is 3.13. The van der Waals surface area contributed by atoms with Crippen LogP contribution in [-0.2, 0) is 9.73 Å². The van der Waals surface area contributed by atoms with E-state index in [1.165, 1.54) is 38.3 Å². The molecule has 2 atom stereocenters. The van der Waals surface area contributed by atoms with Crippen LogP contribution in [0.3, 0.4) is 0 Å². The number of halogens is 3. The highest BCUT2D eigenvalue weighted by atomic mass is 35.5. The van der Waals surface area contributed by atoms with Crippen molar-refractivity contribution in [2.75, 3.05) is 11.6 Å². The van der Waals surface area contributed by atoms with Gasteiger partial charge in [-0.05, 0) is 38.5 Å². The maximum atomic E-state index is 13.9. The van der Waals surface area contributed by atoms with Crippen molar-refractivity contribution in [2.45, 2.75) is 31.8 Å². The van der Waals surface area contributed by atoms with Crippen LogP contribution in [0.5, 0.6) is 0 Å². The molecule has 0 aliphatic rings. The maximum absolute atomic E-state index is 13.9. The number of benzene rings is 1. The fourth-order valence-corrected chi connectivity index (χ4v) is 3.98.